The van der Waals surface area contributed by atoms with E-state index in [1.807, 2.05) is 0 Å². The van der Waals surface area contributed by atoms with Gasteiger partial charge >= 0.3 is 0 Å². The van der Waals surface area contributed by atoms with Crippen LogP contribution in [0, 0.1) is 0 Å². The summed E-state index contributed by atoms with van der Waals surface area (Å²) in [5.41, 5.74) is 0.348. The van der Waals surface area contributed by atoms with E-state index >= 15 is 0 Å². The Kier molecular flexibility index (Phi) is 2.83. The van der Waals surface area contributed by atoms with Crippen LogP contribution in [0.25, 0.3) is 0 Å². The van der Waals surface area contributed by atoms with Crippen molar-refractivity contribution in [3.63, 3.8) is 0 Å². The number of nitrogens with zero attached hydrogens (tertiary/aromatic N) is 1. The maximum absolute atomic E-state index is 10.3. The molecule has 5 heteroatoms. The fourth-order valence-electron chi connectivity index (χ4n) is 0.581. The zero-order chi connectivity index (χ0) is 8.43. The fraction of sp³-hybridized carbons (Fsp3) is 0. The van der Waals surface area contributed by atoms with Crippen LogP contribution in [0.4, 0.5) is 0 Å². The summed E-state index contributed by atoms with van der Waals surface area (Å²) in [6.07, 6.45) is 1.98. The van der Waals surface area contributed by atoms with E-state index < -0.39 is 0 Å². The van der Waals surface area contributed by atoms with Crippen molar-refractivity contribution in [2.24, 2.45) is 0 Å². The van der Waals surface area contributed by atoms with E-state index in [4.69, 9.17) is 23.2 Å². The second-order valence-corrected chi connectivity index (χ2v) is 3.16. The number of hydrogen-bond donors (Lipinski definition) is 0. The van der Waals surface area contributed by atoms with E-state index in [1.165, 1.54) is 6.20 Å². The molecule has 0 saturated heterocycles. The van der Waals surface area contributed by atoms with Gasteiger partial charge in [-0.25, -0.2) is 4.98 Å². The van der Waals surface area contributed by atoms with Gasteiger partial charge in [-0.15, -0.1) is 9.24 Å². The zero-order valence-electron chi connectivity index (χ0n) is 5.34. The molecule has 1 unspecified atom stereocenters. The van der Waals surface area contributed by atoms with Gasteiger partial charge in [0.25, 0.3) is 0 Å². The van der Waals surface area contributed by atoms with Crippen LogP contribution in [0.2, 0.25) is 10.2 Å². The van der Waals surface area contributed by atoms with Crippen LogP contribution in [0.3, 0.4) is 0 Å². The lowest BCUT2D eigenvalue weighted by Crippen LogP contribution is -2.01. The summed E-state index contributed by atoms with van der Waals surface area (Å²) in [4.78, 5) is 14.1. The van der Waals surface area contributed by atoms with E-state index in [0.29, 0.717) is 27.3 Å². The van der Waals surface area contributed by atoms with Crippen molar-refractivity contribution in [1.29, 1.82) is 0 Å². The molecule has 0 aromatic carbocycles. The van der Waals surface area contributed by atoms with Crippen LogP contribution >= 0.6 is 32.4 Å². The standard InChI is InChI=1S/C6H4Cl2NOP/c7-4-3(2-10)1-9-6(8)5(4)11/h1-2H,11H2. The SMILES string of the molecule is O=Cc1cnc(Cl)c(P)c1Cl. The van der Waals surface area contributed by atoms with Crippen LogP contribution in [-0.2, 0) is 0 Å². The highest BCUT2D eigenvalue weighted by Crippen LogP contribution is 2.17. The molecule has 1 heterocycles. The third kappa shape index (κ3) is 1.70. The van der Waals surface area contributed by atoms with Crippen molar-refractivity contribution in [2.75, 3.05) is 0 Å². The van der Waals surface area contributed by atoms with Gasteiger partial charge in [0.15, 0.2) is 6.29 Å². The van der Waals surface area contributed by atoms with Gasteiger partial charge in [0.05, 0.1) is 10.6 Å². The first-order valence-electron chi connectivity index (χ1n) is 2.71. The third-order valence-electron chi connectivity index (χ3n) is 1.16. The van der Waals surface area contributed by atoms with Crippen molar-refractivity contribution >= 4 is 44.0 Å². The maximum Gasteiger partial charge on any atom is 0.153 e. The van der Waals surface area contributed by atoms with Crippen molar-refractivity contribution in [3.05, 3.63) is 21.9 Å². The minimum absolute atomic E-state index is 0.297. The maximum atomic E-state index is 10.3. The van der Waals surface area contributed by atoms with Gasteiger partial charge in [-0.1, -0.05) is 23.2 Å². The largest absolute Gasteiger partial charge is 0.298 e. The molecule has 11 heavy (non-hydrogen) atoms. The molecule has 0 N–H and O–H groups in total. The number of carbonyl (C=O) groups is 1. The molecule has 0 fully saturated rings. The van der Waals surface area contributed by atoms with Gasteiger partial charge in [0.1, 0.15) is 5.15 Å². The minimum Gasteiger partial charge on any atom is -0.298 e. The highest BCUT2D eigenvalue weighted by atomic mass is 35.5. The highest BCUT2D eigenvalue weighted by Gasteiger charge is 2.06. The quantitative estimate of drug-likeness (QED) is 0.399. The van der Waals surface area contributed by atoms with Crippen LogP contribution < -0.4 is 5.30 Å². The Bertz CT molecular complexity index is 303. The van der Waals surface area contributed by atoms with E-state index in [0.717, 1.165) is 0 Å². The summed E-state index contributed by atoms with van der Waals surface area (Å²) >= 11 is 11.3. The Morgan fingerprint density at radius 1 is 1.55 bits per heavy atom. The average Bonchev–Trinajstić information content (AvgIpc) is 2.01. The Labute approximate surface area is 76.1 Å². The lowest BCUT2D eigenvalue weighted by atomic mass is 10.3. The Morgan fingerprint density at radius 3 is 2.73 bits per heavy atom. The smallest absolute Gasteiger partial charge is 0.153 e. The molecule has 1 rings (SSSR count). The molecule has 0 spiro atoms. The molecule has 1 atom stereocenters. The molecule has 0 aliphatic carbocycles. The molecule has 2 nitrogen and oxygen atoms in total. The average molecular weight is 208 g/mol. The molecule has 0 amide bonds. The first-order chi connectivity index (χ1) is 5.16. The molecule has 1 aromatic rings. The summed E-state index contributed by atoms with van der Waals surface area (Å²) in [7, 11) is 2.32. The second kappa shape index (κ2) is 3.48. The Hall–Kier alpha value is -0.170. The van der Waals surface area contributed by atoms with Crippen LogP contribution in [0.15, 0.2) is 6.20 Å². The first kappa shape index (κ1) is 8.92. The molecule has 0 aliphatic heterocycles. The minimum atomic E-state index is 0.297. The summed E-state index contributed by atoms with van der Waals surface area (Å²) in [6.45, 7) is 0. The Morgan fingerprint density at radius 2 is 2.18 bits per heavy atom. The van der Waals surface area contributed by atoms with Crippen LogP contribution in [0.1, 0.15) is 10.4 Å². The number of hydrogen-bond acceptors (Lipinski definition) is 2. The predicted octanol–water partition coefficient (Wildman–Crippen LogP) is 1.70. The third-order valence-corrected chi connectivity index (χ3v) is 2.81. The van der Waals surface area contributed by atoms with Crippen molar-refractivity contribution < 1.29 is 4.79 Å². The van der Waals surface area contributed by atoms with Gasteiger partial charge < -0.3 is 0 Å². The summed E-state index contributed by atoms with van der Waals surface area (Å²) in [5.74, 6) is 0. The van der Waals surface area contributed by atoms with Crippen molar-refractivity contribution in [3.8, 4) is 0 Å². The van der Waals surface area contributed by atoms with E-state index in [9.17, 15) is 4.79 Å². The topological polar surface area (TPSA) is 30.0 Å². The van der Waals surface area contributed by atoms with Gasteiger partial charge in [-0.3, -0.25) is 4.79 Å². The molecular formula is C6H4Cl2NOP. The molecule has 58 valence electrons. The number of halogens is 2. The first-order valence-corrected chi connectivity index (χ1v) is 4.04. The number of pyridine rings is 1. The molecule has 0 radical (unpaired) electrons. The number of aromatic nitrogens is 1. The monoisotopic (exact) mass is 207 g/mol. The second-order valence-electron chi connectivity index (χ2n) is 1.85. The van der Waals surface area contributed by atoms with Gasteiger partial charge in [-0.2, -0.15) is 0 Å². The molecule has 0 aliphatic rings. The van der Waals surface area contributed by atoms with E-state index in [-0.39, 0.29) is 0 Å². The summed E-state index contributed by atoms with van der Waals surface area (Å²) in [6, 6.07) is 0. The fourth-order valence-corrected chi connectivity index (χ4v) is 1.20. The van der Waals surface area contributed by atoms with Crippen LogP contribution in [-0.4, -0.2) is 11.3 Å². The molecule has 0 bridgehead atoms. The zero-order valence-corrected chi connectivity index (χ0v) is 8.01. The van der Waals surface area contributed by atoms with Gasteiger partial charge in [0, 0.05) is 11.5 Å². The number of carbonyl (C=O) groups excluding carboxylic acids is 1. The van der Waals surface area contributed by atoms with E-state index in [1.54, 1.807) is 0 Å². The lowest BCUT2D eigenvalue weighted by molar-refractivity contribution is 0.112. The number of aldehydes is 1. The van der Waals surface area contributed by atoms with Crippen molar-refractivity contribution in [2.45, 2.75) is 0 Å². The molecule has 1 aromatic heterocycles. The molecular weight excluding hydrogens is 204 g/mol. The normalized spacial score (nSPS) is 9.73. The van der Waals surface area contributed by atoms with Gasteiger partial charge in [0.2, 0.25) is 0 Å². The highest BCUT2D eigenvalue weighted by molar-refractivity contribution is 7.28. The van der Waals surface area contributed by atoms with E-state index in [2.05, 4.69) is 14.2 Å². The number of rotatable bonds is 1. The van der Waals surface area contributed by atoms with Crippen LogP contribution in [0.5, 0.6) is 0 Å². The summed E-state index contributed by atoms with van der Waals surface area (Å²) < 4.78 is 0. The van der Waals surface area contributed by atoms with Crippen molar-refractivity contribution in [1.82, 2.24) is 4.98 Å². The lowest BCUT2D eigenvalue weighted by Gasteiger charge is -2.00. The predicted molar refractivity (Wildman–Crippen MR) is 49.0 cm³/mol. The molecule has 0 saturated carbocycles. The van der Waals surface area contributed by atoms with Gasteiger partial charge in [-0.05, 0) is 0 Å². The Balaban J connectivity index is 3.36. The summed E-state index contributed by atoms with van der Waals surface area (Å²) in [5, 5.41) is 1.19.